The molecule has 16 heavy (non-hydrogen) atoms. The summed E-state index contributed by atoms with van der Waals surface area (Å²) in [6, 6.07) is -0.817. The van der Waals surface area contributed by atoms with Crippen molar-refractivity contribution in [3.05, 3.63) is 0 Å². The van der Waals surface area contributed by atoms with E-state index in [0.717, 1.165) is 4.90 Å². The average molecular weight is 228 g/mol. The molecule has 4 N–H and O–H groups in total. The molecule has 0 saturated carbocycles. The van der Waals surface area contributed by atoms with Gasteiger partial charge in [0.2, 0.25) is 11.8 Å². The molecule has 0 radical (unpaired) electrons. The van der Waals surface area contributed by atoms with Crippen molar-refractivity contribution in [2.75, 3.05) is 6.54 Å². The van der Waals surface area contributed by atoms with Gasteiger partial charge in [-0.1, -0.05) is 6.92 Å². The maximum Gasteiger partial charge on any atom is 0.323 e. The predicted octanol–water partition coefficient (Wildman–Crippen LogP) is -2.76. The molecule has 0 aromatic heterocycles. The summed E-state index contributed by atoms with van der Waals surface area (Å²) >= 11 is 0. The molecule has 1 saturated heterocycles. The van der Waals surface area contributed by atoms with Crippen molar-refractivity contribution in [1.82, 2.24) is 15.6 Å². The van der Waals surface area contributed by atoms with E-state index in [2.05, 4.69) is 5.32 Å². The van der Waals surface area contributed by atoms with Crippen LogP contribution in [0.15, 0.2) is 0 Å². The van der Waals surface area contributed by atoms with Crippen LogP contribution in [0.5, 0.6) is 0 Å². The molecule has 0 aromatic carbocycles. The van der Waals surface area contributed by atoms with Crippen LogP contribution >= 0.6 is 0 Å². The van der Waals surface area contributed by atoms with Gasteiger partial charge in [0.05, 0.1) is 0 Å². The molecular formula is C8H12N4O4. The normalized spacial score (nSPS) is 20.4. The first-order valence-corrected chi connectivity index (χ1v) is 4.66. The number of imide groups is 1. The number of nitrogens with two attached hydrogens (primary N) is 1. The lowest BCUT2D eigenvalue weighted by atomic mass is 10.1. The molecule has 0 aliphatic carbocycles. The van der Waals surface area contributed by atoms with Crippen molar-refractivity contribution in [3.63, 3.8) is 0 Å². The fourth-order valence-corrected chi connectivity index (χ4v) is 1.48. The second-order valence-corrected chi connectivity index (χ2v) is 3.24. The molecule has 1 rings (SSSR count). The largest absolute Gasteiger partial charge is 0.323 e. The Hall–Kier alpha value is -1.96. The summed E-state index contributed by atoms with van der Waals surface area (Å²) in [5.41, 5.74) is 1.66. The van der Waals surface area contributed by atoms with Crippen molar-refractivity contribution in [1.29, 1.82) is 0 Å². The fourth-order valence-electron chi connectivity index (χ4n) is 1.48. The molecule has 0 bridgehead atoms. The third-order valence-electron chi connectivity index (χ3n) is 2.23. The van der Waals surface area contributed by atoms with Gasteiger partial charge in [0.1, 0.15) is 12.6 Å². The van der Waals surface area contributed by atoms with Crippen LogP contribution < -0.4 is 16.6 Å². The lowest BCUT2D eigenvalue weighted by Crippen LogP contribution is -2.62. The third-order valence-corrected chi connectivity index (χ3v) is 2.23. The summed E-state index contributed by atoms with van der Waals surface area (Å²) < 4.78 is 0. The number of hydrogen-bond acceptors (Lipinski definition) is 5. The highest BCUT2D eigenvalue weighted by Crippen LogP contribution is 2.09. The Balaban J connectivity index is 2.90. The molecule has 0 spiro atoms. The third kappa shape index (κ3) is 2.16. The van der Waals surface area contributed by atoms with Gasteiger partial charge < -0.3 is 4.90 Å². The number of amides is 4. The molecule has 1 fully saturated rings. The monoisotopic (exact) mass is 228 g/mol. The zero-order valence-electron chi connectivity index (χ0n) is 8.65. The summed E-state index contributed by atoms with van der Waals surface area (Å²) in [5, 5.41) is 2.09. The second-order valence-electron chi connectivity index (χ2n) is 3.24. The summed E-state index contributed by atoms with van der Waals surface area (Å²) in [6.45, 7) is 1.34. The Morgan fingerprint density at radius 1 is 1.56 bits per heavy atom. The molecule has 4 amide bonds. The van der Waals surface area contributed by atoms with Crippen LogP contribution in [-0.2, 0) is 19.2 Å². The maximum atomic E-state index is 11.5. The van der Waals surface area contributed by atoms with Gasteiger partial charge in [0.15, 0.2) is 0 Å². The highest BCUT2D eigenvalue weighted by molar-refractivity contribution is 6.35. The van der Waals surface area contributed by atoms with Crippen LogP contribution in [0.4, 0.5) is 0 Å². The minimum absolute atomic E-state index is 0.308. The molecule has 1 aliphatic heterocycles. The van der Waals surface area contributed by atoms with Crippen molar-refractivity contribution >= 4 is 23.6 Å². The highest BCUT2D eigenvalue weighted by atomic mass is 16.2. The van der Waals surface area contributed by atoms with Gasteiger partial charge in [0.25, 0.3) is 0 Å². The second kappa shape index (κ2) is 4.71. The van der Waals surface area contributed by atoms with E-state index in [4.69, 9.17) is 5.84 Å². The molecule has 8 nitrogen and oxygen atoms in total. The van der Waals surface area contributed by atoms with Crippen molar-refractivity contribution in [3.8, 4) is 0 Å². The van der Waals surface area contributed by atoms with Gasteiger partial charge in [0, 0.05) is 0 Å². The minimum Gasteiger partial charge on any atom is -0.313 e. The molecule has 1 unspecified atom stereocenters. The Kier molecular flexibility index (Phi) is 3.56. The topological polar surface area (TPSA) is 122 Å². The first kappa shape index (κ1) is 12.1. The summed E-state index contributed by atoms with van der Waals surface area (Å²) in [6.07, 6.45) is 0.308. The zero-order chi connectivity index (χ0) is 12.3. The smallest absolute Gasteiger partial charge is 0.313 e. The lowest BCUT2D eigenvalue weighted by Gasteiger charge is -2.32. The lowest BCUT2D eigenvalue weighted by molar-refractivity contribution is -0.154. The quantitative estimate of drug-likeness (QED) is 0.147. The number of hydrazine groups is 1. The van der Waals surface area contributed by atoms with E-state index >= 15 is 0 Å². The molecule has 1 heterocycles. The Morgan fingerprint density at radius 2 is 2.19 bits per heavy atom. The first-order valence-electron chi connectivity index (χ1n) is 4.66. The highest BCUT2D eigenvalue weighted by Gasteiger charge is 2.37. The van der Waals surface area contributed by atoms with Gasteiger partial charge in [-0.05, 0) is 6.42 Å². The zero-order valence-corrected chi connectivity index (χ0v) is 8.65. The summed E-state index contributed by atoms with van der Waals surface area (Å²) in [7, 11) is 0. The summed E-state index contributed by atoms with van der Waals surface area (Å²) in [4.78, 5) is 45.9. The van der Waals surface area contributed by atoms with Crippen molar-refractivity contribution in [2.24, 2.45) is 5.84 Å². The minimum atomic E-state index is -1.05. The standard InChI is InChI=1S/C8H12N4O4/c1-2-4-6(14)10-5(13)3-12(4)8(16)7(15)11-9/h4H,2-3,9H2,1H3,(H,11,15)(H,10,13,14). The summed E-state index contributed by atoms with van der Waals surface area (Å²) in [5.74, 6) is 1.56. The Labute approximate surface area is 91.1 Å². The van der Waals surface area contributed by atoms with E-state index in [1.807, 2.05) is 0 Å². The number of nitrogens with one attached hydrogen (secondary N) is 2. The number of piperazine rings is 1. The maximum absolute atomic E-state index is 11.5. The SMILES string of the molecule is CCC1C(=O)NC(=O)CN1C(=O)C(=O)NN. The molecule has 1 aliphatic rings. The van der Waals surface area contributed by atoms with Crippen molar-refractivity contribution < 1.29 is 19.2 Å². The van der Waals surface area contributed by atoms with Gasteiger partial charge in [-0.3, -0.25) is 29.9 Å². The molecule has 0 aromatic rings. The van der Waals surface area contributed by atoms with Crippen molar-refractivity contribution in [2.45, 2.75) is 19.4 Å². The Morgan fingerprint density at radius 3 is 2.69 bits per heavy atom. The Bertz CT molecular complexity index is 354. The van der Waals surface area contributed by atoms with E-state index in [0.29, 0.717) is 6.42 Å². The van der Waals surface area contributed by atoms with E-state index in [9.17, 15) is 19.2 Å². The number of hydrogen-bond donors (Lipinski definition) is 3. The van der Waals surface area contributed by atoms with E-state index in [1.54, 1.807) is 12.3 Å². The molecule has 8 heteroatoms. The molecule has 1 atom stereocenters. The van der Waals surface area contributed by atoms with Crippen LogP contribution in [0, 0.1) is 0 Å². The fraction of sp³-hybridized carbons (Fsp3) is 0.500. The van der Waals surface area contributed by atoms with Crippen LogP contribution in [-0.4, -0.2) is 41.1 Å². The van der Waals surface area contributed by atoms with E-state index in [1.165, 1.54) is 0 Å². The number of carbonyl (C=O) groups is 4. The van der Waals surface area contributed by atoms with Gasteiger partial charge >= 0.3 is 11.8 Å². The van der Waals surface area contributed by atoms with Crippen LogP contribution in [0.25, 0.3) is 0 Å². The van der Waals surface area contributed by atoms with Gasteiger partial charge in [-0.2, -0.15) is 0 Å². The number of nitrogens with zero attached hydrogens (tertiary/aromatic N) is 1. The molecular weight excluding hydrogens is 216 g/mol. The number of rotatable bonds is 1. The predicted molar refractivity (Wildman–Crippen MR) is 51.3 cm³/mol. The first-order chi connectivity index (χ1) is 7.51. The van der Waals surface area contributed by atoms with Gasteiger partial charge in [-0.15, -0.1) is 0 Å². The van der Waals surface area contributed by atoms with E-state index in [-0.39, 0.29) is 6.54 Å². The molecule has 88 valence electrons. The van der Waals surface area contributed by atoms with Crippen LogP contribution in [0.2, 0.25) is 0 Å². The van der Waals surface area contributed by atoms with Crippen LogP contribution in [0.1, 0.15) is 13.3 Å². The number of carbonyl (C=O) groups excluding carboxylic acids is 4. The van der Waals surface area contributed by atoms with E-state index < -0.39 is 29.7 Å². The average Bonchev–Trinajstić information content (AvgIpc) is 2.26. The van der Waals surface area contributed by atoms with Crippen LogP contribution in [0.3, 0.4) is 0 Å². The van der Waals surface area contributed by atoms with Gasteiger partial charge in [-0.25, -0.2) is 5.84 Å².